The highest BCUT2D eigenvalue weighted by atomic mass is 32.2. The molecule has 0 aromatic heterocycles. The Bertz CT molecular complexity index is 1110. The average Bonchev–Trinajstić information content (AvgIpc) is 2.82. The third-order valence-corrected chi connectivity index (χ3v) is 7.07. The minimum absolute atomic E-state index is 0.109. The topological polar surface area (TPSA) is 96.0 Å². The molecule has 0 saturated carbocycles. The number of ether oxygens (including phenoxy) is 1. The highest BCUT2D eigenvalue weighted by Crippen LogP contribution is 2.22. The van der Waals surface area contributed by atoms with E-state index >= 15 is 0 Å². The van der Waals surface area contributed by atoms with Gasteiger partial charge in [0.25, 0.3) is 0 Å². The predicted molar refractivity (Wildman–Crippen MR) is 144 cm³/mol. The zero-order valence-corrected chi connectivity index (χ0v) is 23.0. The number of carbonyl (C=O) groups is 2. The van der Waals surface area contributed by atoms with Crippen LogP contribution < -0.4 is 14.4 Å². The van der Waals surface area contributed by atoms with E-state index in [2.05, 4.69) is 5.32 Å². The van der Waals surface area contributed by atoms with Gasteiger partial charge < -0.3 is 15.0 Å². The first-order valence-electron chi connectivity index (χ1n) is 12.2. The fourth-order valence-corrected chi connectivity index (χ4v) is 4.95. The summed E-state index contributed by atoms with van der Waals surface area (Å²) in [7, 11) is -1.95. The molecule has 0 radical (unpaired) electrons. The average molecular weight is 518 g/mol. The van der Waals surface area contributed by atoms with Crippen LogP contribution >= 0.6 is 0 Å². The fourth-order valence-electron chi connectivity index (χ4n) is 4.00. The fraction of sp³-hybridized carbons (Fsp3) is 0.481. The summed E-state index contributed by atoms with van der Waals surface area (Å²) in [6.07, 6.45) is 2.40. The Balaban J connectivity index is 2.18. The van der Waals surface area contributed by atoms with E-state index in [1.54, 1.807) is 18.9 Å². The molecule has 0 bridgehead atoms. The lowest BCUT2D eigenvalue weighted by Crippen LogP contribution is -2.47. The molecule has 0 spiro atoms. The molecule has 1 N–H and O–H groups in total. The Hall–Kier alpha value is -3.07. The van der Waals surface area contributed by atoms with Crippen molar-refractivity contribution in [3.63, 3.8) is 0 Å². The van der Waals surface area contributed by atoms with Gasteiger partial charge in [-0.25, -0.2) is 8.42 Å². The third-order valence-electron chi connectivity index (χ3n) is 5.88. The van der Waals surface area contributed by atoms with Crippen LogP contribution in [0.5, 0.6) is 5.75 Å². The van der Waals surface area contributed by atoms with Crippen molar-refractivity contribution in [2.75, 3.05) is 30.8 Å². The van der Waals surface area contributed by atoms with E-state index in [0.717, 1.165) is 23.1 Å². The molecule has 2 rings (SSSR count). The molecule has 2 amide bonds. The second kappa shape index (κ2) is 13.3. The van der Waals surface area contributed by atoms with Crippen molar-refractivity contribution in [3.8, 4) is 5.75 Å². The Kier molecular flexibility index (Phi) is 10.8. The third kappa shape index (κ3) is 8.55. The van der Waals surface area contributed by atoms with Crippen LogP contribution in [0.3, 0.4) is 0 Å². The van der Waals surface area contributed by atoms with E-state index in [0.29, 0.717) is 24.4 Å². The smallest absolute Gasteiger partial charge is 0.242 e. The van der Waals surface area contributed by atoms with Gasteiger partial charge in [-0.1, -0.05) is 25.1 Å². The number of amides is 2. The molecule has 9 heteroatoms. The standard InChI is InChI=1S/C27H39N3O5S/c1-7-14-28-27(32)22(4)29(19-23-10-12-25(35-5)13-11-23)26(31)9-8-15-30(36(6,33)34)24-17-20(2)16-21(3)18-24/h10-13,16-18,22H,7-9,14-15,19H2,1-6H3,(H,28,32)/t22-/m1/s1. The summed E-state index contributed by atoms with van der Waals surface area (Å²) in [5, 5.41) is 2.86. The highest BCUT2D eigenvalue weighted by Gasteiger charge is 2.26. The molecule has 2 aromatic rings. The SMILES string of the molecule is CCCNC(=O)[C@@H](C)N(Cc1ccc(OC)cc1)C(=O)CCCN(c1cc(C)cc(C)c1)S(C)(=O)=O. The van der Waals surface area contributed by atoms with Gasteiger partial charge in [-0.15, -0.1) is 0 Å². The summed E-state index contributed by atoms with van der Waals surface area (Å²) in [4.78, 5) is 27.6. The van der Waals surface area contributed by atoms with Gasteiger partial charge in [-0.05, 0) is 74.6 Å². The minimum atomic E-state index is -3.53. The molecule has 0 heterocycles. The molecule has 8 nitrogen and oxygen atoms in total. The molecular formula is C27H39N3O5S. The van der Waals surface area contributed by atoms with Gasteiger partial charge in [0.1, 0.15) is 11.8 Å². The van der Waals surface area contributed by atoms with E-state index in [-0.39, 0.29) is 31.3 Å². The zero-order valence-electron chi connectivity index (χ0n) is 22.2. The number of aryl methyl sites for hydroxylation is 2. The van der Waals surface area contributed by atoms with Crippen LogP contribution in [-0.4, -0.2) is 57.6 Å². The van der Waals surface area contributed by atoms with Crippen LogP contribution in [0.15, 0.2) is 42.5 Å². The van der Waals surface area contributed by atoms with Gasteiger partial charge in [0.2, 0.25) is 21.8 Å². The summed E-state index contributed by atoms with van der Waals surface area (Å²) in [6.45, 7) is 8.48. The van der Waals surface area contributed by atoms with Crippen LogP contribution in [-0.2, 0) is 26.2 Å². The maximum Gasteiger partial charge on any atom is 0.242 e. The van der Waals surface area contributed by atoms with Crippen LogP contribution in [0.4, 0.5) is 5.69 Å². The number of hydrogen-bond donors (Lipinski definition) is 1. The molecule has 0 aliphatic heterocycles. The second-order valence-electron chi connectivity index (χ2n) is 9.12. The van der Waals surface area contributed by atoms with E-state index in [1.165, 1.54) is 10.6 Å². The Morgan fingerprint density at radius 3 is 2.19 bits per heavy atom. The first kappa shape index (κ1) is 29.2. The zero-order chi connectivity index (χ0) is 26.9. The molecule has 0 aliphatic rings. The number of nitrogens with one attached hydrogen (secondary N) is 1. The predicted octanol–water partition coefficient (Wildman–Crippen LogP) is 3.80. The molecule has 2 aromatic carbocycles. The lowest BCUT2D eigenvalue weighted by molar-refractivity contribution is -0.140. The Morgan fingerprint density at radius 2 is 1.67 bits per heavy atom. The number of benzene rings is 2. The summed E-state index contributed by atoms with van der Waals surface area (Å²) in [5.41, 5.74) is 3.39. The molecule has 36 heavy (non-hydrogen) atoms. The monoisotopic (exact) mass is 517 g/mol. The van der Waals surface area contributed by atoms with Crippen LogP contribution in [0.2, 0.25) is 0 Å². The van der Waals surface area contributed by atoms with Crippen molar-refractivity contribution < 1.29 is 22.7 Å². The Labute approximate surface area is 215 Å². The maximum atomic E-state index is 13.3. The van der Waals surface area contributed by atoms with E-state index in [9.17, 15) is 18.0 Å². The molecule has 0 unspecified atom stereocenters. The largest absolute Gasteiger partial charge is 0.497 e. The van der Waals surface area contributed by atoms with Crippen molar-refractivity contribution in [1.82, 2.24) is 10.2 Å². The van der Waals surface area contributed by atoms with Gasteiger partial charge in [-0.2, -0.15) is 0 Å². The van der Waals surface area contributed by atoms with Gasteiger partial charge in [0.15, 0.2) is 0 Å². The second-order valence-corrected chi connectivity index (χ2v) is 11.0. The molecule has 0 saturated heterocycles. The molecule has 0 aliphatic carbocycles. The van der Waals surface area contributed by atoms with Crippen molar-refractivity contribution in [3.05, 3.63) is 59.2 Å². The number of methoxy groups -OCH3 is 1. The number of rotatable bonds is 13. The highest BCUT2D eigenvalue weighted by molar-refractivity contribution is 7.92. The van der Waals surface area contributed by atoms with Crippen molar-refractivity contribution in [1.29, 1.82) is 0 Å². The number of nitrogens with zero attached hydrogens (tertiary/aromatic N) is 2. The van der Waals surface area contributed by atoms with Gasteiger partial charge in [-0.3, -0.25) is 13.9 Å². The van der Waals surface area contributed by atoms with Gasteiger partial charge in [0.05, 0.1) is 19.1 Å². The summed E-state index contributed by atoms with van der Waals surface area (Å²) in [5.74, 6) is 0.281. The van der Waals surface area contributed by atoms with E-state index < -0.39 is 16.1 Å². The Morgan fingerprint density at radius 1 is 1.06 bits per heavy atom. The number of hydrogen-bond acceptors (Lipinski definition) is 5. The molecular weight excluding hydrogens is 478 g/mol. The van der Waals surface area contributed by atoms with Crippen molar-refractivity contribution in [2.45, 2.75) is 59.5 Å². The maximum absolute atomic E-state index is 13.3. The first-order chi connectivity index (χ1) is 17.0. The molecule has 198 valence electrons. The van der Waals surface area contributed by atoms with Crippen LogP contribution in [0, 0.1) is 13.8 Å². The number of carbonyl (C=O) groups excluding carboxylic acids is 2. The van der Waals surface area contributed by atoms with Gasteiger partial charge in [0, 0.05) is 26.1 Å². The summed E-state index contributed by atoms with van der Waals surface area (Å²) in [6, 6.07) is 12.3. The van der Waals surface area contributed by atoms with Crippen LogP contribution in [0.1, 0.15) is 49.8 Å². The molecule has 0 fully saturated rings. The summed E-state index contributed by atoms with van der Waals surface area (Å²) < 4.78 is 31.6. The minimum Gasteiger partial charge on any atom is -0.497 e. The first-order valence-corrected chi connectivity index (χ1v) is 14.1. The number of anilines is 1. The van der Waals surface area contributed by atoms with Gasteiger partial charge >= 0.3 is 0 Å². The lowest BCUT2D eigenvalue weighted by Gasteiger charge is -2.29. The van der Waals surface area contributed by atoms with Crippen LogP contribution in [0.25, 0.3) is 0 Å². The number of sulfonamides is 1. The van der Waals surface area contributed by atoms with E-state index in [1.807, 2.05) is 63.2 Å². The quantitative estimate of drug-likeness (QED) is 0.436. The van der Waals surface area contributed by atoms with Crippen molar-refractivity contribution in [2.24, 2.45) is 0 Å². The van der Waals surface area contributed by atoms with Crippen molar-refractivity contribution >= 4 is 27.5 Å². The molecule has 1 atom stereocenters. The lowest BCUT2D eigenvalue weighted by atomic mass is 10.1. The normalized spacial score (nSPS) is 12.1. The summed E-state index contributed by atoms with van der Waals surface area (Å²) >= 11 is 0. The van der Waals surface area contributed by atoms with E-state index in [4.69, 9.17) is 4.74 Å².